The van der Waals surface area contributed by atoms with E-state index in [4.69, 9.17) is 16.3 Å². The number of hydrogen-bond acceptors (Lipinski definition) is 5. The average molecular weight is 329 g/mol. The molecule has 0 fully saturated rings. The lowest BCUT2D eigenvalue weighted by Crippen LogP contribution is -2.31. The number of nitrogen functional groups attached to an aromatic ring is 1. The summed E-state index contributed by atoms with van der Waals surface area (Å²) in [5.41, 5.74) is 5.87. The molecule has 0 amide bonds. The van der Waals surface area contributed by atoms with Gasteiger partial charge in [0.15, 0.2) is 0 Å². The van der Waals surface area contributed by atoms with Crippen LogP contribution in [0.4, 0.5) is 5.69 Å². The monoisotopic (exact) mass is 328 g/mol. The third-order valence-corrected chi connectivity index (χ3v) is 4.61. The standard InChI is InChI=1S/C10H9BrN4O2S/c11-9-2-1-8(7-10(9)14)18(16,17)15(5-3-12)6-4-13/h1-2,7H,5-6,14H2. The van der Waals surface area contributed by atoms with Crippen molar-refractivity contribution in [1.29, 1.82) is 10.5 Å². The van der Waals surface area contributed by atoms with E-state index in [0.29, 0.717) is 4.47 Å². The number of hydrogen-bond donors (Lipinski definition) is 1. The zero-order chi connectivity index (χ0) is 13.8. The molecule has 0 unspecified atom stereocenters. The van der Waals surface area contributed by atoms with Crippen LogP contribution in [0.1, 0.15) is 0 Å². The smallest absolute Gasteiger partial charge is 0.245 e. The average Bonchev–Trinajstić information content (AvgIpc) is 2.32. The van der Waals surface area contributed by atoms with Gasteiger partial charge < -0.3 is 5.73 Å². The second kappa shape index (κ2) is 5.83. The summed E-state index contributed by atoms with van der Waals surface area (Å²) >= 11 is 3.16. The molecule has 1 aromatic carbocycles. The van der Waals surface area contributed by atoms with Gasteiger partial charge in [-0.1, -0.05) is 0 Å². The molecule has 0 bridgehead atoms. The molecule has 6 nitrogen and oxygen atoms in total. The summed E-state index contributed by atoms with van der Waals surface area (Å²) in [5.74, 6) is 0. The lowest BCUT2D eigenvalue weighted by Gasteiger charge is -2.16. The molecule has 8 heteroatoms. The molecular weight excluding hydrogens is 320 g/mol. The van der Waals surface area contributed by atoms with E-state index in [1.807, 2.05) is 0 Å². The lowest BCUT2D eigenvalue weighted by molar-refractivity contribution is 0.479. The predicted molar refractivity (Wildman–Crippen MR) is 68.5 cm³/mol. The van der Waals surface area contributed by atoms with Crippen molar-refractivity contribution >= 4 is 31.6 Å². The van der Waals surface area contributed by atoms with Crippen LogP contribution in [0.2, 0.25) is 0 Å². The second-order valence-corrected chi connectivity index (χ2v) is 6.06. The molecule has 0 spiro atoms. The number of benzene rings is 1. The Morgan fingerprint density at radius 1 is 1.28 bits per heavy atom. The molecule has 2 N–H and O–H groups in total. The van der Waals surface area contributed by atoms with Crippen molar-refractivity contribution in [3.8, 4) is 12.1 Å². The van der Waals surface area contributed by atoms with Gasteiger partial charge in [-0.05, 0) is 34.1 Å². The molecule has 0 aromatic heterocycles. The van der Waals surface area contributed by atoms with E-state index in [1.54, 1.807) is 12.1 Å². The van der Waals surface area contributed by atoms with Gasteiger partial charge in [-0.2, -0.15) is 14.8 Å². The number of nitrogens with zero attached hydrogens (tertiary/aromatic N) is 3. The summed E-state index contributed by atoms with van der Waals surface area (Å²) in [4.78, 5) is -0.0475. The normalized spacial score (nSPS) is 10.9. The number of nitriles is 2. The molecule has 1 rings (SSSR count). The van der Waals surface area contributed by atoms with E-state index >= 15 is 0 Å². The summed E-state index contributed by atoms with van der Waals surface area (Å²) < 4.78 is 25.6. The molecule has 1 aromatic rings. The van der Waals surface area contributed by atoms with Crippen molar-refractivity contribution in [3.05, 3.63) is 22.7 Å². The highest BCUT2D eigenvalue weighted by molar-refractivity contribution is 9.10. The highest BCUT2D eigenvalue weighted by atomic mass is 79.9. The Morgan fingerprint density at radius 2 is 1.83 bits per heavy atom. The second-order valence-electron chi connectivity index (χ2n) is 3.27. The fraction of sp³-hybridized carbons (Fsp3) is 0.200. The Labute approximate surface area is 113 Å². The van der Waals surface area contributed by atoms with Gasteiger partial charge in [-0.25, -0.2) is 8.42 Å². The highest BCUT2D eigenvalue weighted by Gasteiger charge is 2.24. The first-order valence-corrected chi connectivity index (χ1v) is 6.96. The van der Waals surface area contributed by atoms with Gasteiger partial charge in [-0.3, -0.25) is 0 Å². The van der Waals surface area contributed by atoms with Crippen LogP contribution < -0.4 is 5.73 Å². The van der Waals surface area contributed by atoms with Crippen LogP contribution in [0.5, 0.6) is 0 Å². The van der Waals surface area contributed by atoms with E-state index in [9.17, 15) is 8.42 Å². The lowest BCUT2D eigenvalue weighted by atomic mass is 10.3. The van der Waals surface area contributed by atoms with Crippen molar-refractivity contribution in [1.82, 2.24) is 4.31 Å². The van der Waals surface area contributed by atoms with E-state index in [0.717, 1.165) is 4.31 Å². The molecule has 0 aliphatic heterocycles. The van der Waals surface area contributed by atoms with Crippen molar-refractivity contribution in [2.24, 2.45) is 0 Å². The van der Waals surface area contributed by atoms with Crippen LogP contribution in [-0.2, 0) is 10.0 Å². The summed E-state index contributed by atoms with van der Waals surface area (Å²) in [6, 6.07) is 7.56. The van der Waals surface area contributed by atoms with Gasteiger partial charge in [-0.15, -0.1) is 0 Å². The maximum absolute atomic E-state index is 12.1. The SMILES string of the molecule is N#CCN(CC#N)S(=O)(=O)c1ccc(Br)c(N)c1. The predicted octanol–water partition coefficient (Wildman–Crippen LogP) is 1.07. The maximum Gasteiger partial charge on any atom is 0.245 e. The quantitative estimate of drug-likeness (QED) is 0.656. The van der Waals surface area contributed by atoms with Gasteiger partial charge in [0.2, 0.25) is 10.0 Å². The van der Waals surface area contributed by atoms with Gasteiger partial charge in [0.05, 0.1) is 17.0 Å². The van der Waals surface area contributed by atoms with Gasteiger partial charge in [0, 0.05) is 10.2 Å². The molecule has 0 radical (unpaired) electrons. The van der Waals surface area contributed by atoms with Crippen LogP contribution in [0.3, 0.4) is 0 Å². The van der Waals surface area contributed by atoms with Crippen LogP contribution in [0, 0.1) is 22.7 Å². The fourth-order valence-corrected chi connectivity index (χ4v) is 2.73. The molecule has 0 saturated heterocycles. The van der Waals surface area contributed by atoms with Gasteiger partial charge in [0.25, 0.3) is 0 Å². The number of nitrogens with two attached hydrogens (primary N) is 1. The van der Waals surface area contributed by atoms with Crippen LogP contribution in [-0.4, -0.2) is 25.8 Å². The molecule has 18 heavy (non-hydrogen) atoms. The number of halogens is 1. The Morgan fingerprint density at radius 3 is 2.28 bits per heavy atom. The summed E-state index contributed by atoms with van der Waals surface area (Å²) in [6.07, 6.45) is 0. The zero-order valence-electron chi connectivity index (χ0n) is 9.17. The summed E-state index contributed by atoms with van der Waals surface area (Å²) in [7, 11) is -3.88. The Balaban J connectivity index is 3.23. The summed E-state index contributed by atoms with van der Waals surface area (Å²) in [5, 5.41) is 17.1. The molecule has 0 aliphatic rings. The Kier molecular flexibility index (Phi) is 4.68. The van der Waals surface area contributed by atoms with E-state index < -0.39 is 10.0 Å². The summed E-state index contributed by atoms with van der Waals surface area (Å²) in [6.45, 7) is -0.766. The van der Waals surface area contributed by atoms with Crippen molar-refractivity contribution < 1.29 is 8.42 Å². The Hall–Kier alpha value is -1.61. The number of rotatable bonds is 4. The minimum absolute atomic E-state index is 0.0475. The molecule has 0 heterocycles. The maximum atomic E-state index is 12.1. The highest BCUT2D eigenvalue weighted by Crippen LogP contribution is 2.24. The fourth-order valence-electron chi connectivity index (χ4n) is 1.21. The first-order chi connectivity index (χ1) is 8.43. The van der Waals surface area contributed by atoms with Crippen molar-refractivity contribution in [2.45, 2.75) is 4.90 Å². The van der Waals surface area contributed by atoms with E-state index in [-0.39, 0.29) is 23.7 Å². The van der Waals surface area contributed by atoms with E-state index in [1.165, 1.54) is 18.2 Å². The first-order valence-electron chi connectivity index (χ1n) is 4.72. The largest absolute Gasteiger partial charge is 0.398 e. The number of sulfonamides is 1. The topological polar surface area (TPSA) is 111 Å². The van der Waals surface area contributed by atoms with E-state index in [2.05, 4.69) is 15.9 Å². The van der Waals surface area contributed by atoms with Gasteiger partial charge in [0.1, 0.15) is 13.1 Å². The Bertz CT molecular complexity index is 614. The molecule has 0 atom stereocenters. The van der Waals surface area contributed by atoms with Crippen LogP contribution in [0.25, 0.3) is 0 Å². The first kappa shape index (κ1) is 14.5. The zero-order valence-corrected chi connectivity index (χ0v) is 11.6. The minimum atomic E-state index is -3.88. The van der Waals surface area contributed by atoms with Gasteiger partial charge >= 0.3 is 0 Å². The minimum Gasteiger partial charge on any atom is -0.398 e. The third-order valence-electron chi connectivity index (χ3n) is 2.10. The third kappa shape index (κ3) is 2.99. The van der Waals surface area contributed by atoms with Crippen LogP contribution >= 0.6 is 15.9 Å². The molecule has 0 saturated carbocycles. The molecule has 0 aliphatic carbocycles. The molecular formula is C10H9BrN4O2S. The van der Waals surface area contributed by atoms with Crippen LogP contribution in [0.15, 0.2) is 27.6 Å². The van der Waals surface area contributed by atoms with Crippen molar-refractivity contribution in [2.75, 3.05) is 18.8 Å². The number of anilines is 1. The molecule has 94 valence electrons. The van der Waals surface area contributed by atoms with Crippen molar-refractivity contribution in [3.63, 3.8) is 0 Å².